The van der Waals surface area contributed by atoms with Gasteiger partial charge in [-0.1, -0.05) is 0 Å². The number of carbonyl (C=O) groups is 3. The number of hydrogen-bond donors (Lipinski definition) is 2. The van der Waals surface area contributed by atoms with Crippen LogP contribution in [0.2, 0.25) is 0 Å². The molecule has 2 N–H and O–H groups in total. The Morgan fingerprint density at radius 3 is 2.50 bits per heavy atom. The Morgan fingerprint density at radius 2 is 2.00 bits per heavy atom. The van der Waals surface area contributed by atoms with Crippen molar-refractivity contribution >= 4 is 17.9 Å². The SMILES string of the molecule is CC(=O)OCOC1=C(OC(C)=O)C(=O)O[C@@H]1[C@@H](O)CO. The van der Waals surface area contributed by atoms with E-state index in [1.807, 2.05) is 0 Å². The van der Waals surface area contributed by atoms with Gasteiger partial charge in [-0.05, 0) is 0 Å². The number of carbonyl (C=O) groups excluding carboxylic acids is 3. The van der Waals surface area contributed by atoms with Crippen molar-refractivity contribution in [2.45, 2.75) is 26.1 Å². The van der Waals surface area contributed by atoms with Gasteiger partial charge in [0.05, 0.1) is 6.61 Å². The molecule has 0 amide bonds. The fourth-order valence-electron chi connectivity index (χ4n) is 1.36. The molecule has 1 aliphatic rings. The fraction of sp³-hybridized carbons (Fsp3) is 0.545. The van der Waals surface area contributed by atoms with Crippen molar-refractivity contribution in [2.24, 2.45) is 0 Å². The zero-order valence-corrected chi connectivity index (χ0v) is 10.8. The Hall–Kier alpha value is -2.13. The number of esters is 3. The molecule has 9 nitrogen and oxygen atoms in total. The first-order valence-electron chi connectivity index (χ1n) is 5.55. The third kappa shape index (κ3) is 3.93. The third-order valence-corrected chi connectivity index (χ3v) is 2.16. The number of cyclic esters (lactones) is 1. The zero-order chi connectivity index (χ0) is 15.3. The molecule has 0 saturated carbocycles. The zero-order valence-electron chi connectivity index (χ0n) is 10.8. The Bertz CT molecular complexity index is 439. The summed E-state index contributed by atoms with van der Waals surface area (Å²) in [6.07, 6.45) is -2.82. The molecule has 0 fully saturated rings. The highest BCUT2D eigenvalue weighted by Gasteiger charge is 2.42. The van der Waals surface area contributed by atoms with Crippen LogP contribution in [0.3, 0.4) is 0 Å². The van der Waals surface area contributed by atoms with Gasteiger partial charge >= 0.3 is 17.9 Å². The molecule has 1 heterocycles. The molecule has 0 unspecified atom stereocenters. The van der Waals surface area contributed by atoms with Crippen molar-refractivity contribution in [1.29, 1.82) is 0 Å². The summed E-state index contributed by atoms with van der Waals surface area (Å²) in [5, 5.41) is 18.4. The maximum Gasteiger partial charge on any atom is 0.378 e. The van der Waals surface area contributed by atoms with Crippen LogP contribution in [0, 0.1) is 0 Å². The minimum atomic E-state index is -1.47. The highest BCUT2D eigenvalue weighted by molar-refractivity contribution is 5.92. The molecule has 0 aliphatic carbocycles. The van der Waals surface area contributed by atoms with Crippen LogP contribution in [-0.2, 0) is 33.3 Å². The monoisotopic (exact) mass is 290 g/mol. The molecular formula is C11H14O9. The first-order chi connectivity index (χ1) is 9.36. The van der Waals surface area contributed by atoms with Gasteiger partial charge in [-0.15, -0.1) is 0 Å². The van der Waals surface area contributed by atoms with Gasteiger partial charge in [0.1, 0.15) is 6.10 Å². The molecule has 0 radical (unpaired) electrons. The summed E-state index contributed by atoms with van der Waals surface area (Å²) in [4.78, 5) is 33.0. The number of hydrogen-bond acceptors (Lipinski definition) is 9. The van der Waals surface area contributed by atoms with Gasteiger partial charge in [-0.25, -0.2) is 4.79 Å². The van der Waals surface area contributed by atoms with Gasteiger partial charge in [0.15, 0.2) is 11.9 Å². The summed E-state index contributed by atoms with van der Waals surface area (Å²) in [6, 6.07) is 0. The van der Waals surface area contributed by atoms with E-state index < -0.39 is 49.3 Å². The Labute approximate surface area is 113 Å². The van der Waals surface area contributed by atoms with E-state index in [1.54, 1.807) is 0 Å². The maximum atomic E-state index is 11.5. The first-order valence-corrected chi connectivity index (χ1v) is 5.55. The lowest BCUT2D eigenvalue weighted by molar-refractivity contribution is -0.156. The minimum absolute atomic E-state index is 0.326. The predicted molar refractivity (Wildman–Crippen MR) is 59.5 cm³/mol. The van der Waals surface area contributed by atoms with E-state index in [0.29, 0.717) is 0 Å². The smallest absolute Gasteiger partial charge is 0.378 e. The molecule has 20 heavy (non-hydrogen) atoms. The van der Waals surface area contributed by atoms with Gasteiger partial charge in [-0.2, -0.15) is 0 Å². The van der Waals surface area contributed by atoms with Crippen LogP contribution < -0.4 is 0 Å². The summed E-state index contributed by atoms with van der Waals surface area (Å²) >= 11 is 0. The topological polar surface area (TPSA) is 129 Å². The second-order valence-corrected chi connectivity index (χ2v) is 3.76. The Morgan fingerprint density at radius 1 is 1.35 bits per heavy atom. The predicted octanol–water partition coefficient (Wildman–Crippen LogP) is -1.42. The van der Waals surface area contributed by atoms with Gasteiger partial charge in [0.2, 0.25) is 6.79 Å². The van der Waals surface area contributed by atoms with Crippen molar-refractivity contribution in [2.75, 3.05) is 13.4 Å². The van der Waals surface area contributed by atoms with E-state index in [0.717, 1.165) is 13.8 Å². The third-order valence-electron chi connectivity index (χ3n) is 2.16. The molecule has 0 aromatic rings. The standard InChI is InChI=1S/C11H14O9/c1-5(13)17-4-18-9-8(7(15)3-12)20-11(16)10(9)19-6(2)14/h7-8,12,15H,3-4H2,1-2H3/t7-,8+/m0/s1. The van der Waals surface area contributed by atoms with Crippen molar-refractivity contribution in [1.82, 2.24) is 0 Å². The van der Waals surface area contributed by atoms with Crippen LogP contribution in [0.15, 0.2) is 11.5 Å². The highest BCUT2D eigenvalue weighted by Crippen LogP contribution is 2.27. The summed E-state index contributed by atoms with van der Waals surface area (Å²) in [5.41, 5.74) is 0. The normalized spacial score (nSPS) is 19.4. The van der Waals surface area contributed by atoms with Gasteiger partial charge in [-0.3, -0.25) is 9.59 Å². The number of ether oxygens (including phenoxy) is 4. The van der Waals surface area contributed by atoms with Crippen molar-refractivity contribution in [3.8, 4) is 0 Å². The average molecular weight is 290 g/mol. The molecule has 0 saturated heterocycles. The van der Waals surface area contributed by atoms with Crippen molar-refractivity contribution in [3.63, 3.8) is 0 Å². The first kappa shape index (κ1) is 15.9. The number of aliphatic hydroxyl groups is 2. The van der Waals surface area contributed by atoms with E-state index in [1.165, 1.54) is 0 Å². The molecule has 0 spiro atoms. The van der Waals surface area contributed by atoms with E-state index in [9.17, 15) is 19.5 Å². The van der Waals surface area contributed by atoms with E-state index >= 15 is 0 Å². The summed E-state index contributed by atoms with van der Waals surface area (Å²) in [6.45, 7) is 0.910. The van der Waals surface area contributed by atoms with E-state index in [2.05, 4.69) is 9.47 Å². The lowest BCUT2D eigenvalue weighted by atomic mass is 10.2. The molecule has 0 aromatic carbocycles. The molecule has 1 aliphatic heterocycles. The fourth-order valence-corrected chi connectivity index (χ4v) is 1.36. The largest absolute Gasteiger partial charge is 0.453 e. The highest BCUT2D eigenvalue weighted by atomic mass is 16.7. The van der Waals surface area contributed by atoms with Crippen LogP contribution in [-0.4, -0.2) is 53.7 Å². The lowest BCUT2D eigenvalue weighted by Crippen LogP contribution is -2.32. The Kier molecular flexibility index (Phi) is 5.47. The van der Waals surface area contributed by atoms with Crippen LogP contribution in [0.5, 0.6) is 0 Å². The van der Waals surface area contributed by atoms with Gasteiger partial charge in [0.25, 0.3) is 5.76 Å². The lowest BCUT2D eigenvalue weighted by Gasteiger charge is -2.18. The van der Waals surface area contributed by atoms with Gasteiger partial charge in [0, 0.05) is 13.8 Å². The van der Waals surface area contributed by atoms with Crippen LogP contribution in [0.1, 0.15) is 13.8 Å². The number of rotatable bonds is 6. The quantitative estimate of drug-likeness (QED) is 0.344. The average Bonchev–Trinajstić information content (AvgIpc) is 2.65. The second kappa shape index (κ2) is 6.87. The minimum Gasteiger partial charge on any atom is -0.453 e. The van der Waals surface area contributed by atoms with Gasteiger partial charge < -0.3 is 29.2 Å². The maximum absolute atomic E-state index is 11.5. The molecule has 112 valence electrons. The van der Waals surface area contributed by atoms with Crippen LogP contribution in [0.4, 0.5) is 0 Å². The molecule has 1 rings (SSSR count). The van der Waals surface area contributed by atoms with E-state index in [-0.39, 0.29) is 5.76 Å². The molecule has 9 heteroatoms. The Balaban J connectivity index is 2.93. The van der Waals surface area contributed by atoms with Crippen molar-refractivity contribution in [3.05, 3.63) is 11.5 Å². The molecule has 2 atom stereocenters. The van der Waals surface area contributed by atoms with E-state index in [4.69, 9.17) is 14.6 Å². The van der Waals surface area contributed by atoms with Crippen LogP contribution in [0.25, 0.3) is 0 Å². The summed E-state index contributed by atoms with van der Waals surface area (Å²) in [7, 11) is 0. The second-order valence-electron chi connectivity index (χ2n) is 3.76. The summed E-state index contributed by atoms with van der Waals surface area (Å²) < 4.78 is 18.8. The molecule has 0 bridgehead atoms. The number of aliphatic hydroxyl groups excluding tert-OH is 2. The van der Waals surface area contributed by atoms with Crippen LogP contribution >= 0.6 is 0 Å². The van der Waals surface area contributed by atoms with Crippen molar-refractivity contribution < 1.29 is 43.5 Å². The summed E-state index contributed by atoms with van der Waals surface area (Å²) in [5.74, 6) is -3.35. The molecular weight excluding hydrogens is 276 g/mol. The molecule has 0 aromatic heterocycles.